The van der Waals surface area contributed by atoms with E-state index in [9.17, 15) is 9.18 Å². The van der Waals surface area contributed by atoms with Gasteiger partial charge in [0.25, 0.3) is 5.91 Å². The number of aromatic nitrogens is 3. The predicted molar refractivity (Wildman–Crippen MR) is 122 cm³/mol. The summed E-state index contributed by atoms with van der Waals surface area (Å²) in [7, 11) is 0. The molecule has 2 heterocycles. The van der Waals surface area contributed by atoms with Gasteiger partial charge in [-0.2, -0.15) is 0 Å². The lowest BCUT2D eigenvalue weighted by molar-refractivity contribution is 0.0955. The Hall–Kier alpha value is -3.48. The Morgan fingerprint density at radius 2 is 1.68 bits per heavy atom. The number of halogens is 1. The fourth-order valence-corrected chi connectivity index (χ4v) is 3.78. The molecule has 4 rings (SSSR count). The van der Waals surface area contributed by atoms with Crippen molar-refractivity contribution >= 4 is 33.9 Å². The topological polar surface area (TPSA) is 85.8 Å². The van der Waals surface area contributed by atoms with Crippen LogP contribution in [0, 0.1) is 5.82 Å². The average molecular weight is 420 g/mol. The second-order valence-corrected chi connectivity index (χ2v) is 7.60. The Balaban J connectivity index is 1.77. The number of anilines is 1. The molecule has 0 fully saturated rings. The monoisotopic (exact) mass is 419 g/mol. The van der Waals surface area contributed by atoms with Crippen LogP contribution in [0.3, 0.4) is 0 Å². The fourth-order valence-electron chi connectivity index (χ4n) is 3.78. The zero-order valence-corrected chi connectivity index (χ0v) is 17.6. The van der Waals surface area contributed by atoms with Crippen molar-refractivity contribution in [3.8, 4) is 5.69 Å². The molecule has 7 heteroatoms. The molecule has 0 spiro atoms. The third kappa shape index (κ3) is 4.08. The van der Waals surface area contributed by atoms with Gasteiger partial charge in [-0.25, -0.2) is 14.4 Å². The second kappa shape index (κ2) is 9.12. The molecule has 3 N–H and O–H groups in total. The van der Waals surface area contributed by atoms with Gasteiger partial charge < -0.3 is 11.1 Å². The Labute approximate surface area is 180 Å². The summed E-state index contributed by atoms with van der Waals surface area (Å²) >= 11 is 0. The lowest BCUT2D eigenvalue weighted by Crippen LogP contribution is -2.25. The quantitative estimate of drug-likeness (QED) is 0.394. The summed E-state index contributed by atoms with van der Waals surface area (Å²) < 4.78 is 16.1. The van der Waals surface area contributed by atoms with Crippen LogP contribution in [0.25, 0.3) is 27.9 Å². The van der Waals surface area contributed by atoms with E-state index in [4.69, 9.17) is 5.73 Å². The van der Waals surface area contributed by atoms with Crippen LogP contribution in [-0.2, 0) is 0 Å². The molecule has 0 atom stereocenters. The minimum Gasteiger partial charge on any atom is -0.384 e. The first kappa shape index (κ1) is 20.8. The summed E-state index contributed by atoms with van der Waals surface area (Å²) in [4.78, 5) is 22.4. The van der Waals surface area contributed by atoms with E-state index in [0.717, 1.165) is 19.3 Å². The number of rotatable bonds is 8. The number of carbonyl (C=O) groups excluding carboxylic acids is 1. The molecule has 0 aliphatic rings. The van der Waals surface area contributed by atoms with Crippen LogP contribution in [-0.4, -0.2) is 27.0 Å². The molecule has 160 valence electrons. The molecule has 0 unspecified atom stereocenters. The highest BCUT2D eigenvalue weighted by Gasteiger charge is 2.25. The van der Waals surface area contributed by atoms with Gasteiger partial charge in [-0.1, -0.05) is 56.9 Å². The van der Waals surface area contributed by atoms with Crippen LogP contribution in [0.1, 0.15) is 49.4 Å². The van der Waals surface area contributed by atoms with Gasteiger partial charge in [-0.3, -0.25) is 9.36 Å². The number of unbranched alkanes of at least 4 members (excludes halogenated alkanes) is 4. The number of nitrogens with zero attached hydrogens (tertiary/aromatic N) is 3. The maximum atomic E-state index is 14.6. The molecule has 0 saturated heterocycles. The number of carbonyl (C=O) groups is 1. The van der Waals surface area contributed by atoms with Crippen molar-refractivity contribution in [3.63, 3.8) is 0 Å². The van der Waals surface area contributed by atoms with Gasteiger partial charge in [-0.15, -0.1) is 0 Å². The van der Waals surface area contributed by atoms with E-state index in [0.29, 0.717) is 28.7 Å². The summed E-state index contributed by atoms with van der Waals surface area (Å²) in [5.74, 6) is -0.652. The Morgan fingerprint density at radius 3 is 2.42 bits per heavy atom. The maximum Gasteiger partial charge on any atom is 0.257 e. The molecule has 0 saturated carbocycles. The fraction of sp³-hybridized carbons (Fsp3) is 0.292. The van der Waals surface area contributed by atoms with Gasteiger partial charge in [0.2, 0.25) is 0 Å². The molecule has 31 heavy (non-hydrogen) atoms. The van der Waals surface area contributed by atoms with E-state index >= 15 is 0 Å². The minimum atomic E-state index is -0.455. The highest BCUT2D eigenvalue weighted by Crippen LogP contribution is 2.31. The van der Waals surface area contributed by atoms with Gasteiger partial charge in [-0.05, 0) is 30.7 Å². The average Bonchev–Trinajstić information content (AvgIpc) is 3.05. The Bertz CT molecular complexity index is 1230. The van der Waals surface area contributed by atoms with E-state index in [1.54, 1.807) is 18.2 Å². The largest absolute Gasteiger partial charge is 0.384 e. The SMILES string of the molecule is CCCCCCCNC(=O)c1c(N)n(-c2ccccc2F)c2nc3ccccc3nc12. The number of nitrogen functional groups attached to an aromatic ring is 1. The zero-order valence-electron chi connectivity index (χ0n) is 17.6. The summed E-state index contributed by atoms with van der Waals surface area (Å²) in [5.41, 5.74) is 8.88. The summed E-state index contributed by atoms with van der Waals surface area (Å²) in [6, 6.07) is 13.6. The van der Waals surface area contributed by atoms with Gasteiger partial charge in [0.1, 0.15) is 22.7 Å². The highest BCUT2D eigenvalue weighted by molar-refractivity contribution is 6.11. The molecule has 0 aliphatic carbocycles. The van der Waals surface area contributed by atoms with Gasteiger partial charge in [0, 0.05) is 6.54 Å². The van der Waals surface area contributed by atoms with Crippen LogP contribution in [0.4, 0.5) is 10.2 Å². The van der Waals surface area contributed by atoms with E-state index in [2.05, 4.69) is 22.2 Å². The zero-order chi connectivity index (χ0) is 21.8. The van der Waals surface area contributed by atoms with Crippen molar-refractivity contribution in [2.75, 3.05) is 12.3 Å². The van der Waals surface area contributed by atoms with Crippen LogP contribution in [0.5, 0.6) is 0 Å². The second-order valence-electron chi connectivity index (χ2n) is 7.60. The third-order valence-corrected chi connectivity index (χ3v) is 5.38. The lowest BCUT2D eigenvalue weighted by Gasteiger charge is -2.09. The Morgan fingerprint density at radius 1 is 1.00 bits per heavy atom. The van der Waals surface area contributed by atoms with Crippen molar-refractivity contribution in [2.24, 2.45) is 0 Å². The normalized spacial score (nSPS) is 11.3. The van der Waals surface area contributed by atoms with Crippen molar-refractivity contribution in [3.05, 3.63) is 59.9 Å². The number of amides is 1. The maximum absolute atomic E-state index is 14.6. The first-order valence-corrected chi connectivity index (χ1v) is 10.7. The van der Waals surface area contributed by atoms with E-state index < -0.39 is 5.82 Å². The molecule has 0 aliphatic heterocycles. The number of hydrogen-bond acceptors (Lipinski definition) is 4. The van der Waals surface area contributed by atoms with Crippen molar-refractivity contribution in [1.82, 2.24) is 19.9 Å². The number of nitrogens with one attached hydrogen (secondary N) is 1. The van der Waals surface area contributed by atoms with Gasteiger partial charge >= 0.3 is 0 Å². The summed E-state index contributed by atoms with van der Waals surface area (Å²) in [5, 5.41) is 2.94. The number of fused-ring (bicyclic) bond motifs is 2. The predicted octanol–water partition coefficient (Wildman–Crippen LogP) is 5.00. The molecule has 0 radical (unpaired) electrons. The number of hydrogen-bond donors (Lipinski definition) is 2. The van der Waals surface area contributed by atoms with Gasteiger partial charge in [0.15, 0.2) is 5.65 Å². The Kier molecular flexibility index (Phi) is 6.11. The summed E-state index contributed by atoms with van der Waals surface area (Å²) in [6.45, 7) is 2.72. The molecule has 0 bridgehead atoms. The summed E-state index contributed by atoms with van der Waals surface area (Å²) in [6.07, 6.45) is 5.47. The first-order valence-electron chi connectivity index (χ1n) is 10.7. The van der Waals surface area contributed by atoms with Crippen LogP contribution < -0.4 is 11.1 Å². The van der Waals surface area contributed by atoms with E-state index in [1.807, 2.05) is 24.3 Å². The number of nitrogens with two attached hydrogens (primary N) is 1. The highest BCUT2D eigenvalue weighted by atomic mass is 19.1. The molecule has 2 aromatic carbocycles. The molecular weight excluding hydrogens is 393 g/mol. The smallest absolute Gasteiger partial charge is 0.257 e. The van der Waals surface area contributed by atoms with Crippen LogP contribution >= 0.6 is 0 Å². The van der Waals surface area contributed by atoms with Crippen molar-refractivity contribution < 1.29 is 9.18 Å². The minimum absolute atomic E-state index is 0.124. The first-order chi connectivity index (χ1) is 15.1. The van der Waals surface area contributed by atoms with Crippen molar-refractivity contribution in [2.45, 2.75) is 39.0 Å². The molecular formula is C24H26FN5O. The van der Waals surface area contributed by atoms with E-state index in [-0.39, 0.29) is 23.0 Å². The van der Waals surface area contributed by atoms with Crippen LogP contribution in [0.15, 0.2) is 48.5 Å². The molecule has 1 amide bonds. The third-order valence-electron chi connectivity index (χ3n) is 5.38. The van der Waals surface area contributed by atoms with Crippen LogP contribution in [0.2, 0.25) is 0 Å². The van der Waals surface area contributed by atoms with Crippen molar-refractivity contribution in [1.29, 1.82) is 0 Å². The molecule has 2 aromatic heterocycles. The van der Waals surface area contributed by atoms with Gasteiger partial charge in [0.05, 0.1) is 16.7 Å². The molecule has 6 nitrogen and oxygen atoms in total. The number of para-hydroxylation sites is 3. The standard InChI is InChI=1S/C24H26FN5O/c1-2-3-4-5-10-15-27-24(31)20-21-23(29-18-13-8-7-12-17(18)28-21)30(22(20)26)19-14-9-6-11-16(19)25/h6-9,11-14H,2-5,10,15,26H2,1H3,(H,27,31). The lowest BCUT2D eigenvalue weighted by atomic mass is 10.1. The molecule has 4 aromatic rings. The van der Waals surface area contributed by atoms with E-state index in [1.165, 1.54) is 23.5 Å². The number of benzene rings is 2.